The van der Waals surface area contributed by atoms with E-state index in [1.807, 2.05) is 13.8 Å². The Morgan fingerprint density at radius 1 is 1.33 bits per heavy atom. The van der Waals surface area contributed by atoms with Gasteiger partial charge in [0.1, 0.15) is 0 Å². The zero-order chi connectivity index (χ0) is 8.20. The molecule has 0 amide bonds. The third-order valence-corrected chi connectivity index (χ3v) is 1.71. The van der Waals surface area contributed by atoms with Crippen molar-refractivity contribution in [3.63, 3.8) is 0 Å². The van der Waals surface area contributed by atoms with Crippen LogP contribution in [0.4, 0.5) is 0 Å². The average Bonchev–Trinajstić information content (AvgIpc) is 1.59. The third kappa shape index (κ3) is 19.1. The standard InChI is InChI=1S/C5H12O3S2.2Ba.4H/c1-5(2)3-4-8-10(6,7)9;;;;;;/h5H,3-4H2,1-2H3,(H,6,7,9);;;;;;. The average molecular weight is 463 g/mol. The molecule has 3 nitrogen and oxygen atoms in total. The molecule has 0 spiro atoms. The van der Waals surface area contributed by atoms with Crippen LogP contribution in [0.5, 0.6) is 0 Å². The van der Waals surface area contributed by atoms with Gasteiger partial charge in [0, 0.05) is 0 Å². The van der Waals surface area contributed by atoms with Crippen LogP contribution >= 0.6 is 11.7 Å². The molecule has 0 saturated heterocycles. The van der Waals surface area contributed by atoms with Crippen molar-refractivity contribution < 1.29 is 12.6 Å². The summed E-state index contributed by atoms with van der Waals surface area (Å²) in [4.78, 5) is 0. The summed E-state index contributed by atoms with van der Waals surface area (Å²) in [7, 11) is -3.53. The molecule has 0 aliphatic carbocycles. The number of thiol groups is 1. The van der Waals surface area contributed by atoms with Crippen LogP contribution in [-0.4, -0.2) is 113 Å². The van der Waals surface area contributed by atoms with Crippen molar-refractivity contribution >= 4 is 119 Å². The molecule has 70 valence electrons. The van der Waals surface area contributed by atoms with Gasteiger partial charge in [-0.1, -0.05) is 13.8 Å². The Balaban J connectivity index is -0.000000405. The second-order valence-electron chi connectivity index (χ2n) is 2.43. The summed E-state index contributed by atoms with van der Waals surface area (Å²) >= 11 is 3.21. The molecule has 0 aromatic carbocycles. The van der Waals surface area contributed by atoms with Crippen molar-refractivity contribution in [2.45, 2.75) is 20.3 Å². The van der Waals surface area contributed by atoms with Gasteiger partial charge in [-0.3, -0.25) is 4.18 Å². The molecule has 0 unspecified atom stereocenters. The van der Waals surface area contributed by atoms with Gasteiger partial charge in [-0.2, -0.15) is 8.42 Å². The maximum absolute atomic E-state index is 10.3. The first-order valence-electron chi connectivity index (χ1n) is 3.03. The summed E-state index contributed by atoms with van der Waals surface area (Å²) < 4.78 is 24.9. The Bertz CT molecular complexity index is 179. The predicted octanol–water partition coefficient (Wildman–Crippen LogP) is -0.609. The molecule has 0 rings (SSSR count). The topological polar surface area (TPSA) is 43.4 Å². The monoisotopic (exact) mass is 464 g/mol. The Hall–Kier alpha value is 3.40. The van der Waals surface area contributed by atoms with Crippen molar-refractivity contribution in [2.24, 2.45) is 5.92 Å². The van der Waals surface area contributed by atoms with Crippen LogP contribution in [0.2, 0.25) is 0 Å². The molecule has 0 N–H and O–H groups in total. The second kappa shape index (κ2) is 10.9. The number of rotatable bonds is 4. The quantitative estimate of drug-likeness (QED) is 0.344. The molecule has 0 saturated carbocycles. The fraction of sp³-hybridized carbons (Fsp3) is 1.00. The zero-order valence-corrected chi connectivity index (χ0v) is 7.78. The van der Waals surface area contributed by atoms with E-state index in [4.69, 9.17) is 0 Å². The van der Waals surface area contributed by atoms with Gasteiger partial charge in [0.2, 0.25) is 0 Å². The van der Waals surface area contributed by atoms with Crippen LogP contribution in [0, 0.1) is 5.92 Å². The zero-order valence-electron chi connectivity index (χ0n) is 6.07. The first kappa shape index (κ1) is 20.8. The van der Waals surface area contributed by atoms with Gasteiger partial charge in [0.05, 0.1) is 6.61 Å². The molecule has 0 atom stereocenters. The Labute approximate surface area is 160 Å². The first-order chi connectivity index (χ1) is 4.42. The molecule has 0 fully saturated rings. The SMILES string of the molecule is CC(C)CCOS(=O)(=O)S.[BaH2].[BaH2]. The van der Waals surface area contributed by atoms with Crippen molar-refractivity contribution in [1.82, 2.24) is 0 Å². The van der Waals surface area contributed by atoms with E-state index in [0.29, 0.717) is 5.92 Å². The summed E-state index contributed by atoms with van der Waals surface area (Å²) in [6.07, 6.45) is 0.736. The summed E-state index contributed by atoms with van der Waals surface area (Å²) in [5, 5.41) is 0. The fourth-order valence-corrected chi connectivity index (χ4v) is 0.920. The molecule has 12 heavy (non-hydrogen) atoms. The summed E-state index contributed by atoms with van der Waals surface area (Å²) in [6.45, 7) is 4.21. The Kier molecular flexibility index (Phi) is 18.9. The molecule has 0 aliphatic rings. The van der Waals surface area contributed by atoms with E-state index in [-0.39, 0.29) is 104 Å². The van der Waals surface area contributed by atoms with Crippen molar-refractivity contribution in [2.75, 3.05) is 6.61 Å². The van der Waals surface area contributed by atoms with Gasteiger partial charge in [-0.25, -0.2) is 0 Å². The maximum atomic E-state index is 10.3. The Morgan fingerprint density at radius 2 is 1.75 bits per heavy atom. The minimum atomic E-state index is -3.53. The molecular formula is C5H16Ba2O3S2. The van der Waals surface area contributed by atoms with E-state index in [1.165, 1.54) is 0 Å². The molecule has 7 heteroatoms. The molecule has 0 heterocycles. The third-order valence-electron chi connectivity index (χ3n) is 0.927. The molecular weight excluding hydrogens is 447 g/mol. The van der Waals surface area contributed by atoms with Gasteiger partial charge >= 0.3 is 107 Å². The summed E-state index contributed by atoms with van der Waals surface area (Å²) in [6, 6.07) is 0. The van der Waals surface area contributed by atoms with E-state index in [2.05, 4.69) is 15.8 Å². The predicted molar refractivity (Wildman–Crippen MR) is 60.4 cm³/mol. The first-order valence-corrected chi connectivity index (χ1v) is 5.49. The van der Waals surface area contributed by atoms with Crippen LogP contribution in [0.3, 0.4) is 0 Å². The van der Waals surface area contributed by atoms with Crippen molar-refractivity contribution in [1.29, 1.82) is 0 Å². The van der Waals surface area contributed by atoms with E-state index < -0.39 is 9.15 Å². The fourth-order valence-electron chi connectivity index (χ4n) is 0.389. The van der Waals surface area contributed by atoms with Crippen molar-refractivity contribution in [3.8, 4) is 0 Å². The normalized spacial score (nSPS) is 10.3. The number of hydrogen-bond donors (Lipinski definition) is 1. The molecule has 0 aromatic rings. The van der Waals surface area contributed by atoms with Crippen LogP contribution < -0.4 is 0 Å². The number of hydrogen-bond acceptors (Lipinski definition) is 3. The molecule has 0 radical (unpaired) electrons. The van der Waals surface area contributed by atoms with E-state index in [1.54, 1.807) is 0 Å². The van der Waals surface area contributed by atoms with Crippen LogP contribution in [0.15, 0.2) is 0 Å². The van der Waals surface area contributed by atoms with Crippen LogP contribution in [0.1, 0.15) is 20.3 Å². The van der Waals surface area contributed by atoms with Gasteiger partial charge < -0.3 is 0 Å². The molecule has 0 aromatic heterocycles. The van der Waals surface area contributed by atoms with Gasteiger partial charge in [-0.05, 0) is 24.0 Å². The molecule has 0 bridgehead atoms. The van der Waals surface area contributed by atoms with Gasteiger partial charge in [0.15, 0.2) is 0 Å². The molecule has 0 aliphatic heterocycles. The summed E-state index contributed by atoms with van der Waals surface area (Å²) in [5.74, 6) is 0.454. The van der Waals surface area contributed by atoms with E-state index in [0.717, 1.165) is 6.42 Å². The Morgan fingerprint density at radius 3 is 2.00 bits per heavy atom. The summed E-state index contributed by atoms with van der Waals surface area (Å²) in [5.41, 5.74) is 0. The van der Waals surface area contributed by atoms with Crippen LogP contribution in [0.25, 0.3) is 0 Å². The van der Waals surface area contributed by atoms with Gasteiger partial charge in [0.25, 0.3) is 0 Å². The van der Waals surface area contributed by atoms with E-state index in [9.17, 15) is 8.42 Å². The van der Waals surface area contributed by atoms with E-state index >= 15 is 0 Å². The van der Waals surface area contributed by atoms with Crippen molar-refractivity contribution in [3.05, 3.63) is 0 Å². The van der Waals surface area contributed by atoms with Gasteiger partial charge in [-0.15, -0.1) is 0 Å². The second-order valence-corrected chi connectivity index (χ2v) is 4.87. The van der Waals surface area contributed by atoms with Crippen LogP contribution in [-0.2, 0) is 13.3 Å². The minimum absolute atomic E-state index is 0.